The average Bonchev–Trinajstić information content (AvgIpc) is 3.49. The van der Waals surface area contributed by atoms with Gasteiger partial charge in [-0.25, -0.2) is 4.79 Å². The van der Waals surface area contributed by atoms with Crippen molar-refractivity contribution in [3.63, 3.8) is 0 Å². The van der Waals surface area contributed by atoms with Crippen LogP contribution in [0.25, 0.3) is 11.0 Å². The molecule has 3 amide bonds. The van der Waals surface area contributed by atoms with E-state index in [4.69, 9.17) is 9.26 Å². The van der Waals surface area contributed by atoms with Gasteiger partial charge < -0.3 is 9.26 Å². The van der Waals surface area contributed by atoms with E-state index < -0.39 is 6.03 Å². The quantitative estimate of drug-likeness (QED) is 0.762. The number of aromatic nitrogens is 1. The molecule has 4 saturated heterocycles. The van der Waals surface area contributed by atoms with E-state index in [1.54, 1.807) is 0 Å². The largest absolute Gasteiger partial charge is 0.381 e. The van der Waals surface area contributed by atoms with Crippen LogP contribution < -0.4 is 10.2 Å². The summed E-state index contributed by atoms with van der Waals surface area (Å²) in [5, 5.41) is 7.29. The number of hydrogen-bond acceptors (Lipinski definition) is 7. The van der Waals surface area contributed by atoms with Crippen LogP contribution in [0, 0.1) is 5.92 Å². The van der Waals surface area contributed by atoms with Crippen molar-refractivity contribution < 1.29 is 18.8 Å². The molecule has 1 aromatic carbocycles. The standard InChI is InChI=1S/C23H29N5O4/c29-21-3-6-28(23(30)24-21)22-19-9-16(1-2-20(19)32-25-22)12-27-14-17-10-18(27)13-26(17)11-15-4-7-31-8-5-15/h1-2,9,15,17-18H,3-8,10-14H2,(H,24,29,30)/t17-,18-/m1/s1. The lowest BCUT2D eigenvalue weighted by atomic mass is 9.99. The highest BCUT2D eigenvalue weighted by molar-refractivity contribution is 6.08. The van der Waals surface area contributed by atoms with Gasteiger partial charge in [0, 0.05) is 64.4 Å². The van der Waals surface area contributed by atoms with Gasteiger partial charge in [0.2, 0.25) is 5.91 Å². The molecule has 32 heavy (non-hydrogen) atoms. The van der Waals surface area contributed by atoms with Crippen molar-refractivity contribution in [2.24, 2.45) is 5.92 Å². The number of benzene rings is 1. The molecule has 2 aromatic rings. The minimum absolute atomic E-state index is 0.255. The first kappa shape index (κ1) is 20.1. The van der Waals surface area contributed by atoms with Gasteiger partial charge >= 0.3 is 6.03 Å². The molecular weight excluding hydrogens is 410 g/mol. The maximum absolute atomic E-state index is 12.3. The first-order valence-corrected chi connectivity index (χ1v) is 11.7. The number of fused-ring (bicyclic) bond motifs is 3. The van der Waals surface area contributed by atoms with Crippen LogP contribution in [-0.4, -0.2) is 78.4 Å². The highest BCUT2D eigenvalue weighted by Crippen LogP contribution is 2.34. The number of nitrogens with one attached hydrogen (secondary N) is 1. The number of hydrogen-bond donors (Lipinski definition) is 1. The van der Waals surface area contributed by atoms with Crippen LogP contribution in [0.3, 0.4) is 0 Å². The molecule has 6 rings (SSSR count). The van der Waals surface area contributed by atoms with Crippen LogP contribution in [-0.2, 0) is 16.1 Å². The predicted molar refractivity (Wildman–Crippen MR) is 117 cm³/mol. The number of anilines is 1. The van der Waals surface area contributed by atoms with Crippen LogP contribution in [0.5, 0.6) is 0 Å². The number of urea groups is 1. The Labute approximate surface area is 186 Å². The molecular formula is C23H29N5O4. The molecule has 0 radical (unpaired) electrons. The fourth-order valence-electron chi connectivity index (χ4n) is 5.78. The Morgan fingerprint density at radius 1 is 1.09 bits per heavy atom. The number of carbonyl (C=O) groups excluding carboxylic acids is 2. The Morgan fingerprint density at radius 2 is 1.91 bits per heavy atom. The van der Waals surface area contributed by atoms with Gasteiger partial charge in [0.15, 0.2) is 11.4 Å². The molecule has 0 aliphatic carbocycles. The molecule has 0 spiro atoms. The molecule has 5 heterocycles. The maximum atomic E-state index is 12.3. The molecule has 4 aliphatic heterocycles. The molecule has 1 N–H and O–H groups in total. The van der Waals surface area contributed by atoms with Gasteiger partial charge in [0.1, 0.15) is 0 Å². The Hall–Kier alpha value is -2.49. The van der Waals surface area contributed by atoms with Crippen molar-refractivity contribution in [2.75, 3.05) is 44.3 Å². The monoisotopic (exact) mass is 439 g/mol. The van der Waals surface area contributed by atoms with Gasteiger partial charge in [0.25, 0.3) is 0 Å². The van der Waals surface area contributed by atoms with Gasteiger partial charge in [-0.1, -0.05) is 11.2 Å². The smallest absolute Gasteiger partial charge is 0.329 e. The van der Waals surface area contributed by atoms with Crippen LogP contribution in [0.4, 0.5) is 10.6 Å². The third-order valence-corrected chi connectivity index (χ3v) is 7.51. The fraction of sp³-hybridized carbons (Fsp3) is 0.609. The third-order valence-electron chi connectivity index (χ3n) is 7.51. The van der Waals surface area contributed by atoms with E-state index in [1.807, 2.05) is 6.07 Å². The van der Waals surface area contributed by atoms with Crippen LogP contribution >= 0.6 is 0 Å². The highest BCUT2D eigenvalue weighted by Gasteiger charge is 2.43. The second-order valence-electron chi connectivity index (χ2n) is 9.57. The van der Waals surface area contributed by atoms with Crippen molar-refractivity contribution in [1.29, 1.82) is 0 Å². The number of piperazine rings is 1. The van der Waals surface area contributed by atoms with Gasteiger partial charge in [-0.15, -0.1) is 0 Å². The summed E-state index contributed by atoms with van der Waals surface area (Å²) in [4.78, 5) is 30.5. The zero-order valence-corrected chi connectivity index (χ0v) is 18.2. The summed E-state index contributed by atoms with van der Waals surface area (Å²) in [6, 6.07) is 6.92. The van der Waals surface area contributed by atoms with E-state index in [2.05, 4.69) is 32.4 Å². The summed E-state index contributed by atoms with van der Waals surface area (Å²) in [6.45, 7) is 6.52. The minimum atomic E-state index is -0.441. The third kappa shape index (κ3) is 3.68. The Morgan fingerprint density at radius 3 is 2.69 bits per heavy atom. The van der Waals surface area contributed by atoms with E-state index in [0.717, 1.165) is 44.2 Å². The summed E-state index contributed by atoms with van der Waals surface area (Å²) >= 11 is 0. The van der Waals surface area contributed by atoms with Crippen LogP contribution in [0.15, 0.2) is 22.7 Å². The van der Waals surface area contributed by atoms with E-state index in [1.165, 1.54) is 36.3 Å². The Bertz CT molecular complexity index is 1030. The molecule has 1 aromatic heterocycles. The average molecular weight is 440 g/mol. The summed E-state index contributed by atoms with van der Waals surface area (Å²) in [5.41, 5.74) is 1.85. The van der Waals surface area contributed by atoms with Gasteiger partial charge in [-0.05, 0) is 42.9 Å². The number of amides is 3. The molecule has 9 nitrogen and oxygen atoms in total. The topological polar surface area (TPSA) is 91.2 Å². The summed E-state index contributed by atoms with van der Waals surface area (Å²) < 4.78 is 11.0. The lowest BCUT2D eigenvalue weighted by Crippen LogP contribution is -2.49. The van der Waals surface area contributed by atoms with E-state index in [-0.39, 0.29) is 12.3 Å². The van der Waals surface area contributed by atoms with Gasteiger partial charge in [-0.3, -0.25) is 24.8 Å². The number of carbonyl (C=O) groups is 2. The summed E-state index contributed by atoms with van der Waals surface area (Å²) in [6.07, 6.45) is 3.91. The minimum Gasteiger partial charge on any atom is -0.381 e. The lowest BCUT2D eigenvalue weighted by Gasteiger charge is -2.36. The lowest BCUT2D eigenvalue weighted by molar-refractivity contribution is -0.120. The zero-order chi connectivity index (χ0) is 21.7. The highest BCUT2D eigenvalue weighted by atomic mass is 16.5. The van der Waals surface area contributed by atoms with Crippen molar-refractivity contribution >= 4 is 28.7 Å². The number of ether oxygens (including phenoxy) is 1. The Balaban J connectivity index is 1.13. The Kier molecular flexibility index (Phi) is 5.12. The maximum Gasteiger partial charge on any atom is 0.329 e. The number of nitrogens with zero attached hydrogens (tertiary/aromatic N) is 4. The van der Waals surface area contributed by atoms with E-state index >= 15 is 0 Å². The zero-order valence-electron chi connectivity index (χ0n) is 18.2. The molecule has 0 unspecified atom stereocenters. The SMILES string of the molecule is O=C1CCN(c2noc3ccc(CN4C[C@H]5C[C@@H]4CN5CC4CCOCC4)cc23)C(=O)N1. The van der Waals surface area contributed by atoms with Crippen molar-refractivity contribution in [2.45, 2.75) is 44.3 Å². The van der Waals surface area contributed by atoms with Crippen molar-refractivity contribution in [3.05, 3.63) is 23.8 Å². The number of likely N-dealkylation sites (tertiary alicyclic amines) is 2. The molecule has 170 valence electrons. The molecule has 4 fully saturated rings. The van der Waals surface area contributed by atoms with E-state index in [0.29, 0.717) is 30.0 Å². The summed E-state index contributed by atoms with van der Waals surface area (Å²) in [7, 11) is 0. The van der Waals surface area contributed by atoms with Crippen LogP contribution in [0.1, 0.15) is 31.2 Å². The molecule has 0 saturated carbocycles. The first-order valence-electron chi connectivity index (χ1n) is 11.7. The van der Waals surface area contributed by atoms with Crippen LogP contribution in [0.2, 0.25) is 0 Å². The summed E-state index contributed by atoms with van der Waals surface area (Å²) in [5.74, 6) is 1.01. The van der Waals surface area contributed by atoms with Gasteiger partial charge in [-0.2, -0.15) is 0 Å². The molecule has 4 aliphatic rings. The fourth-order valence-corrected chi connectivity index (χ4v) is 5.78. The van der Waals surface area contributed by atoms with Crippen molar-refractivity contribution in [3.8, 4) is 0 Å². The molecule has 2 bridgehead atoms. The number of rotatable bonds is 5. The molecule has 9 heteroatoms. The predicted octanol–water partition coefficient (Wildman–Crippen LogP) is 1.96. The first-order chi connectivity index (χ1) is 15.6. The number of imide groups is 1. The second kappa shape index (κ2) is 8.13. The normalized spacial score (nSPS) is 27.6. The molecule has 2 atom stereocenters. The van der Waals surface area contributed by atoms with Gasteiger partial charge in [0.05, 0.1) is 5.39 Å². The second-order valence-corrected chi connectivity index (χ2v) is 9.57. The van der Waals surface area contributed by atoms with E-state index in [9.17, 15) is 9.59 Å². The van der Waals surface area contributed by atoms with Crippen molar-refractivity contribution in [1.82, 2.24) is 20.3 Å².